The number of nitrogens with one attached hydrogen (secondary N) is 2. The Morgan fingerprint density at radius 2 is 1.66 bits per heavy atom. The second-order valence-corrected chi connectivity index (χ2v) is 13.0. The number of methoxy groups -OCH3 is 1. The largest absolute Gasteiger partial charge is 0.497 e. The first-order valence-corrected chi connectivity index (χ1v) is 15.8. The Bertz CT molecular complexity index is 1180. The Morgan fingerprint density at radius 1 is 0.951 bits per heavy atom. The molecule has 8 atom stereocenters. The van der Waals surface area contributed by atoms with Crippen molar-refractivity contribution < 1.29 is 23.9 Å². The van der Waals surface area contributed by atoms with Gasteiger partial charge in [0, 0.05) is 17.8 Å². The van der Waals surface area contributed by atoms with E-state index < -0.39 is 29.6 Å². The molecule has 8 heteroatoms. The number of anilines is 1. The number of carbonyl (C=O) groups is 3. The van der Waals surface area contributed by atoms with Gasteiger partial charge in [-0.15, -0.1) is 0 Å². The van der Waals surface area contributed by atoms with E-state index in [9.17, 15) is 14.4 Å². The quantitative estimate of drug-likeness (QED) is 0.483. The summed E-state index contributed by atoms with van der Waals surface area (Å²) in [6.07, 6.45) is 13.9. The molecule has 2 aliphatic carbocycles. The van der Waals surface area contributed by atoms with Crippen LogP contribution in [0.4, 0.5) is 5.69 Å². The fraction of sp³-hybridized carbons (Fsp3) is 0.667. The third-order valence-electron chi connectivity index (χ3n) is 10.7. The molecule has 0 aromatic heterocycles. The van der Waals surface area contributed by atoms with Crippen LogP contribution in [0, 0.1) is 23.7 Å². The Balaban J connectivity index is 1.31. The number of likely N-dealkylation sites (tertiary alicyclic amines) is 1. The molecule has 5 aliphatic rings. The normalized spacial score (nSPS) is 36.9. The molecule has 6 rings (SSSR count). The number of amides is 3. The molecule has 2 saturated carbocycles. The van der Waals surface area contributed by atoms with Gasteiger partial charge in [0.15, 0.2) is 0 Å². The van der Waals surface area contributed by atoms with Crippen molar-refractivity contribution in [2.45, 2.75) is 108 Å². The summed E-state index contributed by atoms with van der Waals surface area (Å²) in [6.45, 7) is 4.48. The van der Waals surface area contributed by atoms with E-state index in [0.717, 1.165) is 51.4 Å². The molecule has 2 saturated heterocycles. The van der Waals surface area contributed by atoms with E-state index in [1.807, 2.05) is 17.1 Å². The lowest BCUT2D eigenvalue weighted by atomic mass is 9.73. The third kappa shape index (κ3) is 4.96. The Labute approximate surface area is 243 Å². The van der Waals surface area contributed by atoms with Crippen molar-refractivity contribution in [2.75, 3.05) is 12.4 Å². The van der Waals surface area contributed by atoms with Crippen LogP contribution in [-0.2, 0) is 19.1 Å². The first-order valence-electron chi connectivity index (χ1n) is 15.8. The zero-order valence-corrected chi connectivity index (χ0v) is 24.6. The van der Waals surface area contributed by atoms with Gasteiger partial charge in [-0.3, -0.25) is 14.4 Å². The highest BCUT2D eigenvalue weighted by molar-refractivity contribution is 6.03. The van der Waals surface area contributed by atoms with Gasteiger partial charge in [-0.05, 0) is 55.4 Å². The van der Waals surface area contributed by atoms with Crippen molar-refractivity contribution in [1.29, 1.82) is 0 Å². The van der Waals surface area contributed by atoms with Crippen molar-refractivity contribution in [2.24, 2.45) is 23.7 Å². The molecule has 3 amide bonds. The average molecular weight is 564 g/mol. The van der Waals surface area contributed by atoms with Gasteiger partial charge in [0.2, 0.25) is 17.7 Å². The van der Waals surface area contributed by atoms with Gasteiger partial charge in [-0.2, -0.15) is 0 Å². The van der Waals surface area contributed by atoms with E-state index in [-0.39, 0.29) is 29.8 Å². The third-order valence-corrected chi connectivity index (χ3v) is 10.7. The van der Waals surface area contributed by atoms with Gasteiger partial charge in [0.05, 0.1) is 25.0 Å². The summed E-state index contributed by atoms with van der Waals surface area (Å²) >= 11 is 0. The second kappa shape index (κ2) is 11.4. The number of fused-ring (bicyclic) bond motifs is 1. The van der Waals surface area contributed by atoms with Crippen LogP contribution in [-0.4, -0.2) is 59.6 Å². The van der Waals surface area contributed by atoms with Crippen molar-refractivity contribution in [3.63, 3.8) is 0 Å². The smallest absolute Gasteiger partial charge is 0.246 e. The maximum atomic E-state index is 14.5. The Hall–Kier alpha value is -2.87. The first-order chi connectivity index (χ1) is 19.8. The predicted molar refractivity (Wildman–Crippen MR) is 156 cm³/mol. The van der Waals surface area contributed by atoms with Crippen LogP contribution in [0.25, 0.3) is 0 Å². The van der Waals surface area contributed by atoms with Crippen LogP contribution in [0.2, 0.25) is 0 Å². The van der Waals surface area contributed by atoms with Gasteiger partial charge in [-0.1, -0.05) is 70.9 Å². The van der Waals surface area contributed by atoms with Crippen LogP contribution in [0.3, 0.4) is 0 Å². The summed E-state index contributed by atoms with van der Waals surface area (Å²) in [4.78, 5) is 44.5. The zero-order chi connectivity index (χ0) is 28.7. The number of hydrogen-bond acceptors (Lipinski definition) is 5. The van der Waals surface area contributed by atoms with Crippen LogP contribution < -0.4 is 15.4 Å². The number of rotatable bonds is 6. The molecule has 0 unspecified atom stereocenters. The zero-order valence-electron chi connectivity index (χ0n) is 24.6. The highest BCUT2D eigenvalue weighted by Crippen LogP contribution is 2.56. The Kier molecular flexibility index (Phi) is 7.88. The SMILES string of the molecule is COc1ccc(NC(=O)[C@H]2[C@H]3C=C[C@@]4(O3)[C@H]2C(=O)N(C2CCCCCCC2)[C@@H]4C(=O)N[C@@H]2CCC[C@H](C)[C@@H]2C)cc1. The number of nitrogens with zero attached hydrogens (tertiary/aromatic N) is 1. The van der Waals surface area contributed by atoms with E-state index in [2.05, 4.69) is 24.5 Å². The lowest BCUT2D eigenvalue weighted by Gasteiger charge is -2.40. The van der Waals surface area contributed by atoms with Crippen LogP contribution in [0.1, 0.15) is 78.1 Å². The summed E-state index contributed by atoms with van der Waals surface area (Å²) < 4.78 is 11.8. The minimum atomic E-state index is -1.13. The standard InChI is InChI=1S/C33H45N3O5/c1-20-10-9-13-25(21(20)2)35-31(38)29-33-19-18-26(41-33)27(30(37)34-22-14-16-24(40-3)17-15-22)28(33)32(39)36(29)23-11-7-5-4-6-8-12-23/h14-21,23,25-29H,4-13H2,1-3H3,(H,34,37)(H,35,38)/t20-,21-,25+,26+,27-,28+,29+,33+/m0/s1. The molecule has 3 aliphatic heterocycles. The number of benzene rings is 1. The van der Waals surface area contributed by atoms with E-state index in [1.54, 1.807) is 31.4 Å². The second-order valence-electron chi connectivity index (χ2n) is 13.0. The van der Waals surface area contributed by atoms with Gasteiger partial charge in [0.1, 0.15) is 17.4 Å². The molecule has 1 aromatic rings. The highest BCUT2D eigenvalue weighted by Gasteiger charge is 2.73. The molecule has 4 fully saturated rings. The maximum Gasteiger partial charge on any atom is 0.246 e. The minimum Gasteiger partial charge on any atom is -0.497 e. The van der Waals surface area contributed by atoms with Crippen LogP contribution >= 0.6 is 0 Å². The molecule has 1 spiro atoms. The van der Waals surface area contributed by atoms with E-state index in [4.69, 9.17) is 9.47 Å². The van der Waals surface area contributed by atoms with Crippen molar-refractivity contribution in [3.8, 4) is 5.75 Å². The number of hydrogen-bond donors (Lipinski definition) is 2. The molecule has 41 heavy (non-hydrogen) atoms. The maximum absolute atomic E-state index is 14.5. The fourth-order valence-corrected chi connectivity index (χ4v) is 8.26. The summed E-state index contributed by atoms with van der Waals surface area (Å²) in [5, 5.41) is 6.39. The molecule has 2 N–H and O–H groups in total. The predicted octanol–water partition coefficient (Wildman–Crippen LogP) is 4.84. The summed E-state index contributed by atoms with van der Waals surface area (Å²) in [5.74, 6) is -0.305. The van der Waals surface area contributed by atoms with Crippen LogP contribution in [0.5, 0.6) is 5.75 Å². The van der Waals surface area contributed by atoms with Gasteiger partial charge >= 0.3 is 0 Å². The lowest BCUT2D eigenvalue weighted by molar-refractivity contribution is -0.144. The Morgan fingerprint density at radius 3 is 2.37 bits per heavy atom. The van der Waals surface area contributed by atoms with Gasteiger partial charge in [0.25, 0.3) is 0 Å². The molecule has 3 heterocycles. The molecular formula is C33H45N3O5. The minimum absolute atomic E-state index is 0.0254. The monoisotopic (exact) mass is 563 g/mol. The molecule has 0 radical (unpaired) electrons. The average Bonchev–Trinajstić information content (AvgIpc) is 3.59. The first kappa shape index (κ1) is 28.3. The molecule has 8 nitrogen and oxygen atoms in total. The summed E-state index contributed by atoms with van der Waals surface area (Å²) in [6, 6.07) is 6.44. The number of ether oxygens (including phenoxy) is 2. The molecule has 2 bridgehead atoms. The molecule has 1 aromatic carbocycles. The number of carbonyl (C=O) groups excluding carboxylic acids is 3. The van der Waals surface area contributed by atoms with Gasteiger partial charge < -0.3 is 25.0 Å². The molecular weight excluding hydrogens is 518 g/mol. The van der Waals surface area contributed by atoms with Crippen molar-refractivity contribution in [3.05, 3.63) is 36.4 Å². The van der Waals surface area contributed by atoms with Crippen molar-refractivity contribution in [1.82, 2.24) is 10.2 Å². The van der Waals surface area contributed by atoms with E-state index in [0.29, 0.717) is 23.3 Å². The fourth-order valence-electron chi connectivity index (χ4n) is 8.26. The summed E-state index contributed by atoms with van der Waals surface area (Å²) in [7, 11) is 1.60. The van der Waals surface area contributed by atoms with E-state index >= 15 is 0 Å². The topological polar surface area (TPSA) is 97.0 Å². The highest BCUT2D eigenvalue weighted by atomic mass is 16.5. The summed E-state index contributed by atoms with van der Waals surface area (Å²) in [5.41, 5.74) is -0.492. The van der Waals surface area contributed by atoms with Crippen molar-refractivity contribution >= 4 is 23.4 Å². The lowest BCUT2D eigenvalue weighted by Crippen LogP contribution is -2.59. The molecule has 222 valence electrons. The van der Waals surface area contributed by atoms with Gasteiger partial charge in [-0.25, -0.2) is 0 Å². The van der Waals surface area contributed by atoms with Crippen LogP contribution in [0.15, 0.2) is 36.4 Å². The van der Waals surface area contributed by atoms with E-state index in [1.165, 1.54) is 12.8 Å².